The van der Waals surface area contributed by atoms with Crippen molar-refractivity contribution in [3.63, 3.8) is 0 Å². The highest BCUT2D eigenvalue weighted by Gasteiger charge is 2.31. The van der Waals surface area contributed by atoms with E-state index in [1.165, 1.54) is 9.13 Å². The molecule has 0 aliphatic carbocycles. The van der Waals surface area contributed by atoms with Gasteiger partial charge in [-0.25, -0.2) is 4.79 Å². The minimum Gasteiger partial charge on any atom is -0.381 e. The van der Waals surface area contributed by atoms with Crippen molar-refractivity contribution in [3.8, 4) is 0 Å². The van der Waals surface area contributed by atoms with Crippen LogP contribution in [0.15, 0.2) is 28.1 Å². The molecule has 0 saturated carbocycles. The molecule has 10 nitrogen and oxygen atoms in total. The first-order valence-electron chi connectivity index (χ1n) is 9.15. The fraction of sp³-hybridized carbons (Fsp3) is 0.500. The summed E-state index contributed by atoms with van der Waals surface area (Å²) in [5, 5.41) is 5.71. The predicted octanol–water partition coefficient (Wildman–Crippen LogP) is 1.58. The molecule has 1 saturated heterocycles. The normalized spacial score (nSPS) is 16.8. The van der Waals surface area contributed by atoms with E-state index in [-0.39, 0.29) is 18.0 Å². The first-order valence-corrected chi connectivity index (χ1v) is 9.15. The molecule has 3 rings (SSSR count). The lowest BCUT2D eigenvalue weighted by Gasteiger charge is -2.21. The Hall–Kier alpha value is -3.10. The Morgan fingerprint density at radius 2 is 2.11 bits per heavy atom. The molecule has 28 heavy (non-hydrogen) atoms. The number of fused-ring (bicyclic) bond motifs is 1. The van der Waals surface area contributed by atoms with Gasteiger partial charge in [-0.3, -0.25) is 24.0 Å². The number of nitrogens with one attached hydrogen (secondary N) is 1. The number of imidazole rings is 1. The highest BCUT2D eigenvalue weighted by Crippen LogP contribution is 2.24. The first kappa shape index (κ1) is 19.7. The van der Waals surface area contributed by atoms with Crippen LogP contribution in [-0.4, -0.2) is 40.7 Å². The van der Waals surface area contributed by atoms with Crippen LogP contribution in [0, 0.1) is 0 Å². The molecule has 1 atom stereocenters. The summed E-state index contributed by atoms with van der Waals surface area (Å²) in [6.07, 6.45) is 2.11. The van der Waals surface area contributed by atoms with E-state index in [9.17, 15) is 14.4 Å². The fourth-order valence-electron chi connectivity index (χ4n) is 3.42. The maximum atomic E-state index is 12.7. The molecule has 1 aromatic carbocycles. The monoisotopic (exact) mass is 386 g/mol. The average Bonchev–Trinajstić information content (AvgIpc) is 2.92. The van der Waals surface area contributed by atoms with Gasteiger partial charge >= 0.3 is 5.69 Å². The van der Waals surface area contributed by atoms with E-state index >= 15 is 0 Å². The van der Waals surface area contributed by atoms with Gasteiger partial charge in [0.25, 0.3) is 0 Å². The van der Waals surface area contributed by atoms with Crippen LogP contribution in [0.5, 0.6) is 0 Å². The van der Waals surface area contributed by atoms with Crippen LogP contribution >= 0.6 is 0 Å². The second kappa shape index (κ2) is 8.73. The smallest absolute Gasteiger partial charge is 0.329 e. The number of ether oxygens (including phenoxy) is 1. The Balaban J connectivity index is 1.74. The van der Waals surface area contributed by atoms with Gasteiger partial charge in [-0.15, -0.1) is 0 Å². The lowest BCUT2D eigenvalue weighted by atomic mass is 10.1. The Kier molecular flexibility index (Phi) is 6.13. The van der Waals surface area contributed by atoms with Gasteiger partial charge in [0.15, 0.2) is 0 Å². The number of aryl methyl sites for hydroxylation is 2. The van der Waals surface area contributed by atoms with Crippen molar-refractivity contribution in [1.29, 1.82) is 0 Å². The van der Waals surface area contributed by atoms with Crippen LogP contribution in [0.1, 0.15) is 30.9 Å². The second-order valence-electron chi connectivity index (χ2n) is 6.67. The number of piperidine rings is 1. The predicted molar refractivity (Wildman–Crippen MR) is 102 cm³/mol. The van der Waals surface area contributed by atoms with E-state index < -0.39 is 11.9 Å². The quantitative estimate of drug-likeness (QED) is 0.242. The maximum Gasteiger partial charge on any atom is 0.329 e. The molecule has 1 fully saturated rings. The third-order valence-electron chi connectivity index (χ3n) is 4.83. The van der Waals surface area contributed by atoms with Gasteiger partial charge in [-0.1, -0.05) is 11.2 Å². The number of amides is 2. The molecule has 10 heteroatoms. The van der Waals surface area contributed by atoms with E-state index in [1.807, 2.05) is 18.2 Å². The molecule has 148 valence electrons. The number of hydrogen-bond donors (Lipinski definition) is 1. The molecule has 2 heterocycles. The molecular formula is C18H22N6O4. The Labute approximate surface area is 160 Å². The third-order valence-corrected chi connectivity index (χ3v) is 4.83. The number of aromatic nitrogens is 2. The average molecular weight is 386 g/mol. The summed E-state index contributed by atoms with van der Waals surface area (Å²) in [5.41, 5.74) is 10.4. The van der Waals surface area contributed by atoms with E-state index in [4.69, 9.17) is 10.3 Å². The van der Waals surface area contributed by atoms with Crippen molar-refractivity contribution in [2.75, 3.05) is 19.8 Å². The number of nitrogens with zero attached hydrogens (tertiary/aromatic N) is 5. The van der Waals surface area contributed by atoms with Crippen LogP contribution in [-0.2, 0) is 27.8 Å². The van der Waals surface area contributed by atoms with Gasteiger partial charge in [0, 0.05) is 31.5 Å². The third kappa shape index (κ3) is 4.08. The number of rotatable bonds is 8. The Morgan fingerprint density at radius 1 is 1.29 bits per heavy atom. The van der Waals surface area contributed by atoms with Crippen molar-refractivity contribution < 1.29 is 14.3 Å². The van der Waals surface area contributed by atoms with Gasteiger partial charge in [-0.2, -0.15) is 0 Å². The van der Waals surface area contributed by atoms with Crippen LogP contribution < -0.4 is 11.0 Å². The number of benzene rings is 1. The lowest BCUT2D eigenvalue weighted by molar-refractivity contribution is -0.135. The lowest BCUT2D eigenvalue weighted by Crippen LogP contribution is -2.44. The number of carbonyl (C=O) groups is 2. The zero-order valence-corrected chi connectivity index (χ0v) is 15.6. The molecular weight excluding hydrogens is 364 g/mol. The van der Waals surface area contributed by atoms with Gasteiger partial charge in [0.1, 0.15) is 6.04 Å². The Bertz CT molecular complexity index is 1000. The zero-order chi connectivity index (χ0) is 20.1. The SMILES string of the molecule is Cn1c(=O)n(C2CCC(=O)NC2=O)c2ccc(CCCOCCN=[N+]=[N-])cc21. The van der Waals surface area contributed by atoms with Crippen molar-refractivity contribution >= 4 is 22.8 Å². The van der Waals surface area contributed by atoms with Crippen LogP contribution in [0.4, 0.5) is 0 Å². The van der Waals surface area contributed by atoms with E-state index in [0.717, 1.165) is 23.9 Å². The highest BCUT2D eigenvalue weighted by molar-refractivity contribution is 6.00. The van der Waals surface area contributed by atoms with Crippen molar-refractivity contribution in [2.24, 2.45) is 12.2 Å². The molecule has 1 unspecified atom stereocenters. The van der Waals surface area contributed by atoms with Gasteiger partial charge < -0.3 is 4.74 Å². The Morgan fingerprint density at radius 3 is 2.86 bits per heavy atom. The number of hydrogen-bond acceptors (Lipinski definition) is 5. The van der Waals surface area contributed by atoms with Crippen LogP contribution in [0.2, 0.25) is 0 Å². The molecule has 2 amide bonds. The molecule has 1 N–H and O–H groups in total. The topological polar surface area (TPSA) is 131 Å². The molecule has 0 bridgehead atoms. The van der Waals surface area contributed by atoms with Gasteiger partial charge in [0.05, 0.1) is 17.6 Å². The summed E-state index contributed by atoms with van der Waals surface area (Å²) in [5.74, 6) is -0.744. The van der Waals surface area contributed by atoms with Crippen molar-refractivity contribution in [1.82, 2.24) is 14.5 Å². The molecule has 2 aromatic rings. The second-order valence-corrected chi connectivity index (χ2v) is 6.67. The molecule has 1 aromatic heterocycles. The minimum atomic E-state index is -0.677. The summed E-state index contributed by atoms with van der Waals surface area (Å²) in [4.78, 5) is 39.0. The summed E-state index contributed by atoms with van der Waals surface area (Å²) in [7, 11) is 1.68. The van der Waals surface area contributed by atoms with Crippen molar-refractivity contribution in [2.45, 2.75) is 31.7 Å². The first-order chi connectivity index (χ1) is 13.5. The zero-order valence-electron chi connectivity index (χ0n) is 15.6. The summed E-state index contributed by atoms with van der Waals surface area (Å²) in [6, 6.07) is 5.05. The standard InChI is InChI=1S/C18H22N6O4/c1-23-15-11-12(3-2-9-28-10-8-20-22-19)4-5-13(15)24(18(23)27)14-6-7-16(25)21-17(14)26/h4-5,11,14H,2-3,6-10H2,1H3,(H,21,25,26). The fourth-order valence-corrected chi connectivity index (χ4v) is 3.42. The van der Waals surface area contributed by atoms with E-state index in [0.29, 0.717) is 31.7 Å². The van der Waals surface area contributed by atoms with E-state index in [2.05, 4.69) is 15.3 Å². The minimum absolute atomic E-state index is 0.219. The number of imide groups is 1. The molecule has 0 spiro atoms. The van der Waals surface area contributed by atoms with Crippen molar-refractivity contribution in [3.05, 3.63) is 44.7 Å². The van der Waals surface area contributed by atoms with Gasteiger partial charge in [0.2, 0.25) is 11.8 Å². The van der Waals surface area contributed by atoms with Gasteiger partial charge in [-0.05, 0) is 42.5 Å². The van der Waals surface area contributed by atoms with E-state index in [1.54, 1.807) is 7.05 Å². The largest absolute Gasteiger partial charge is 0.381 e. The molecule has 1 aliphatic heterocycles. The summed E-state index contributed by atoms with van der Waals surface area (Å²) < 4.78 is 8.39. The van der Waals surface area contributed by atoms with Crippen LogP contribution in [0.25, 0.3) is 21.5 Å². The molecule has 1 aliphatic rings. The number of azide groups is 1. The number of carbonyl (C=O) groups excluding carboxylic acids is 2. The summed E-state index contributed by atoms with van der Waals surface area (Å²) in [6.45, 7) is 1.26. The summed E-state index contributed by atoms with van der Waals surface area (Å²) >= 11 is 0. The highest BCUT2D eigenvalue weighted by atomic mass is 16.5. The maximum absolute atomic E-state index is 12.7. The van der Waals surface area contributed by atoms with Crippen LogP contribution in [0.3, 0.4) is 0 Å². The molecule has 0 radical (unpaired) electrons.